The minimum atomic E-state index is -4.32. The van der Waals surface area contributed by atoms with E-state index in [0.29, 0.717) is 27.8 Å². The van der Waals surface area contributed by atoms with Gasteiger partial charge in [-0.1, -0.05) is 60.8 Å². The third-order valence-corrected chi connectivity index (χ3v) is 9.80. The van der Waals surface area contributed by atoms with Crippen molar-refractivity contribution in [3.63, 3.8) is 0 Å². The molecule has 0 aliphatic carbocycles. The number of nitrogens with zero attached hydrogens (tertiary/aromatic N) is 2. The molecule has 0 spiro atoms. The second kappa shape index (κ2) is 15.5. The van der Waals surface area contributed by atoms with Gasteiger partial charge in [-0.25, -0.2) is 8.42 Å². The Morgan fingerprint density at radius 3 is 2.11 bits per heavy atom. The molecule has 0 aliphatic heterocycles. The second-order valence-corrected chi connectivity index (χ2v) is 13.0. The number of ether oxygens (including phenoxy) is 2. The fourth-order valence-corrected chi connectivity index (χ4v) is 6.49. The number of hydrogen-bond donors (Lipinski definition) is 1. The standard InChI is InChI=1S/C32H39Cl2N3O6S/c1-7-22(4)35-32(39)28(8-2)36(19-25-26(33)10-9-11-27(25)34)31(38)20-37(29-18-23(42-5)14-17-30(29)43-6)44(40,41)24-15-12-21(3)13-16-24/h9-18,22,28H,7-8,19-20H2,1-6H3,(H,35,39)/t22-,28+/m1/s1. The van der Waals surface area contributed by atoms with Crippen LogP contribution in [0.4, 0.5) is 5.69 Å². The molecule has 0 aromatic heterocycles. The normalized spacial score (nSPS) is 12.6. The topological polar surface area (TPSA) is 105 Å². The Balaban J connectivity index is 2.19. The lowest BCUT2D eigenvalue weighted by Gasteiger charge is -2.34. The van der Waals surface area contributed by atoms with Crippen LogP contribution in [0.25, 0.3) is 0 Å². The fourth-order valence-electron chi connectivity index (χ4n) is 4.56. The summed E-state index contributed by atoms with van der Waals surface area (Å²) in [6.07, 6.45) is 0.938. The molecule has 3 rings (SSSR count). The lowest BCUT2D eigenvalue weighted by atomic mass is 10.1. The summed E-state index contributed by atoms with van der Waals surface area (Å²) in [5.74, 6) is -0.453. The molecule has 3 aromatic rings. The molecule has 0 heterocycles. The van der Waals surface area contributed by atoms with Gasteiger partial charge in [0.25, 0.3) is 10.0 Å². The van der Waals surface area contributed by atoms with Gasteiger partial charge in [-0.2, -0.15) is 0 Å². The van der Waals surface area contributed by atoms with Crippen LogP contribution >= 0.6 is 23.2 Å². The first-order chi connectivity index (χ1) is 20.9. The highest BCUT2D eigenvalue weighted by molar-refractivity contribution is 7.92. The van der Waals surface area contributed by atoms with Gasteiger partial charge in [-0.05, 0) is 63.1 Å². The number of methoxy groups -OCH3 is 2. The number of carbonyl (C=O) groups is 2. The van der Waals surface area contributed by atoms with Gasteiger partial charge in [0.05, 0.1) is 24.8 Å². The van der Waals surface area contributed by atoms with Crippen molar-refractivity contribution in [1.29, 1.82) is 0 Å². The molecule has 9 nitrogen and oxygen atoms in total. The summed E-state index contributed by atoms with van der Waals surface area (Å²) >= 11 is 13.0. The van der Waals surface area contributed by atoms with E-state index in [4.69, 9.17) is 32.7 Å². The van der Waals surface area contributed by atoms with Gasteiger partial charge in [0.2, 0.25) is 11.8 Å². The number of halogens is 2. The average Bonchev–Trinajstić information content (AvgIpc) is 3.00. The van der Waals surface area contributed by atoms with Gasteiger partial charge < -0.3 is 19.7 Å². The van der Waals surface area contributed by atoms with Gasteiger partial charge in [0.1, 0.15) is 24.1 Å². The van der Waals surface area contributed by atoms with Crippen molar-refractivity contribution < 1.29 is 27.5 Å². The van der Waals surface area contributed by atoms with E-state index in [-0.39, 0.29) is 41.2 Å². The van der Waals surface area contributed by atoms with Crippen LogP contribution in [0.3, 0.4) is 0 Å². The fraction of sp³-hybridized carbons (Fsp3) is 0.375. The van der Waals surface area contributed by atoms with Crippen molar-refractivity contribution in [3.05, 3.63) is 81.8 Å². The number of hydrogen-bond acceptors (Lipinski definition) is 6. The summed E-state index contributed by atoms with van der Waals surface area (Å²) < 4.78 is 40.3. The highest BCUT2D eigenvalue weighted by atomic mass is 35.5. The smallest absolute Gasteiger partial charge is 0.264 e. The van der Waals surface area contributed by atoms with Crippen molar-refractivity contribution in [1.82, 2.24) is 10.2 Å². The maximum absolute atomic E-state index is 14.4. The molecule has 238 valence electrons. The predicted molar refractivity (Wildman–Crippen MR) is 174 cm³/mol. The summed E-state index contributed by atoms with van der Waals surface area (Å²) in [4.78, 5) is 29.2. The van der Waals surface area contributed by atoms with E-state index in [2.05, 4.69) is 5.32 Å². The minimum absolute atomic E-state index is 0.0250. The van der Waals surface area contributed by atoms with Crippen LogP contribution in [-0.4, -0.2) is 58.0 Å². The number of aryl methyl sites for hydroxylation is 1. The molecule has 1 N–H and O–H groups in total. The second-order valence-electron chi connectivity index (χ2n) is 10.3. The summed E-state index contributed by atoms with van der Waals surface area (Å²) in [6.45, 7) is 6.64. The van der Waals surface area contributed by atoms with E-state index < -0.39 is 28.5 Å². The first-order valence-corrected chi connectivity index (χ1v) is 16.4. The molecule has 0 aliphatic rings. The number of anilines is 1. The monoisotopic (exact) mass is 663 g/mol. The number of sulfonamides is 1. The van der Waals surface area contributed by atoms with Crippen molar-refractivity contribution in [3.8, 4) is 11.5 Å². The molecule has 0 saturated carbocycles. The van der Waals surface area contributed by atoms with E-state index in [1.807, 2.05) is 20.8 Å². The van der Waals surface area contributed by atoms with Crippen LogP contribution in [-0.2, 0) is 26.2 Å². The lowest BCUT2D eigenvalue weighted by molar-refractivity contribution is -0.140. The predicted octanol–water partition coefficient (Wildman–Crippen LogP) is 6.24. The third kappa shape index (κ3) is 8.16. The van der Waals surface area contributed by atoms with Gasteiger partial charge in [0.15, 0.2) is 0 Å². The highest BCUT2D eigenvalue weighted by Gasteiger charge is 2.35. The summed E-state index contributed by atoms with van der Waals surface area (Å²) in [5, 5.41) is 3.57. The maximum atomic E-state index is 14.4. The minimum Gasteiger partial charge on any atom is -0.497 e. The summed E-state index contributed by atoms with van der Waals surface area (Å²) in [5.41, 5.74) is 1.39. The Morgan fingerprint density at radius 2 is 1.57 bits per heavy atom. The molecule has 2 amide bonds. The van der Waals surface area contributed by atoms with Crippen LogP contribution in [0.2, 0.25) is 10.0 Å². The Kier molecular flexibility index (Phi) is 12.3. The van der Waals surface area contributed by atoms with Gasteiger partial charge in [-0.15, -0.1) is 0 Å². The quantitative estimate of drug-likeness (QED) is 0.219. The first-order valence-electron chi connectivity index (χ1n) is 14.2. The largest absolute Gasteiger partial charge is 0.497 e. The summed E-state index contributed by atoms with van der Waals surface area (Å²) in [6, 6.07) is 14.8. The molecule has 0 unspecified atom stereocenters. The van der Waals surface area contributed by atoms with E-state index in [1.54, 1.807) is 49.4 Å². The van der Waals surface area contributed by atoms with Crippen LogP contribution in [0, 0.1) is 6.92 Å². The molecule has 0 saturated heterocycles. The number of rotatable bonds is 14. The van der Waals surface area contributed by atoms with Crippen molar-refractivity contribution in [2.75, 3.05) is 25.1 Å². The molecule has 3 aromatic carbocycles. The highest BCUT2D eigenvalue weighted by Crippen LogP contribution is 2.36. The van der Waals surface area contributed by atoms with E-state index in [9.17, 15) is 18.0 Å². The molecule has 0 radical (unpaired) electrons. The Bertz CT molecular complexity index is 1550. The van der Waals surface area contributed by atoms with Gasteiger partial charge in [0, 0.05) is 34.3 Å². The number of carbonyl (C=O) groups excluding carboxylic acids is 2. The number of nitrogens with one attached hydrogen (secondary N) is 1. The Hall–Kier alpha value is -3.47. The maximum Gasteiger partial charge on any atom is 0.264 e. The van der Waals surface area contributed by atoms with Crippen LogP contribution in [0.5, 0.6) is 11.5 Å². The van der Waals surface area contributed by atoms with Gasteiger partial charge >= 0.3 is 0 Å². The van der Waals surface area contributed by atoms with Gasteiger partial charge in [-0.3, -0.25) is 13.9 Å². The van der Waals surface area contributed by atoms with Crippen LogP contribution < -0.4 is 19.1 Å². The molecule has 2 atom stereocenters. The van der Waals surface area contributed by atoms with Crippen molar-refractivity contribution in [2.45, 2.75) is 64.1 Å². The first kappa shape index (κ1) is 35.0. The SMILES string of the molecule is CC[C@@H](C)NC(=O)[C@H](CC)N(Cc1c(Cl)cccc1Cl)C(=O)CN(c1cc(OC)ccc1OC)S(=O)(=O)c1ccc(C)cc1. The molecule has 0 fully saturated rings. The molecular formula is C32H39Cl2N3O6S. The van der Waals surface area contributed by atoms with E-state index in [1.165, 1.54) is 37.3 Å². The average molecular weight is 665 g/mol. The van der Waals surface area contributed by atoms with Crippen LogP contribution in [0.15, 0.2) is 65.6 Å². The molecule has 0 bridgehead atoms. The Labute approximate surface area is 270 Å². The Morgan fingerprint density at radius 1 is 0.932 bits per heavy atom. The number of amides is 2. The molecule has 12 heteroatoms. The number of benzene rings is 3. The zero-order valence-corrected chi connectivity index (χ0v) is 28.1. The van der Waals surface area contributed by atoms with Crippen molar-refractivity contribution in [2.24, 2.45) is 0 Å². The molecular weight excluding hydrogens is 625 g/mol. The lowest BCUT2D eigenvalue weighted by Crippen LogP contribution is -2.53. The zero-order valence-electron chi connectivity index (χ0n) is 25.8. The summed E-state index contributed by atoms with van der Waals surface area (Å²) in [7, 11) is -1.47. The van der Waals surface area contributed by atoms with E-state index in [0.717, 1.165) is 9.87 Å². The third-order valence-electron chi connectivity index (χ3n) is 7.32. The van der Waals surface area contributed by atoms with Crippen molar-refractivity contribution >= 4 is 50.7 Å². The zero-order chi connectivity index (χ0) is 32.6. The van der Waals surface area contributed by atoms with E-state index >= 15 is 0 Å². The molecule has 44 heavy (non-hydrogen) atoms. The van der Waals surface area contributed by atoms with Crippen LogP contribution in [0.1, 0.15) is 44.7 Å².